The van der Waals surface area contributed by atoms with Crippen LogP contribution in [-0.4, -0.2) is 10.8 Å². The second-order valence-corrected chi connectivity index (χ2v) is 2.46. The summed E-state index contributed by atoms with van der Waals surface area (Å²) in [5.74, 6) is 0.0882. The monoisotopic (exact) mass is 200 g/mol. The Kier molecular flexibility index (Phi) is 3.51. The van der Waals surface area contributed by atoms with E-state index in [0.717, 1.165) is 0 Å². The van der Waals surface area contributed by atoms with Gasteiger partial charge in [-0.15, -0.1) is 0 Å². The molecule has 0 atom stereocenters. The molecular weight excluding hydrogens is 193 g/mol. The predicted octanol–water partition coefficient (Wildman–Crippen LogP) is -3.24. The van der Waals surface area contributed by atoms with E-state index in [0.29, 0.717) is 0 Å². The van der Waals surface area contributed by atoms with Gasteiger partial charge < -0.3 is 0 Å². The molecule has 0 aromatic heterocycles. The SMILES string of the molecule is C[I-]NC(C)=O. The van der Waals surface area contributed by atoms with Crippen LogP contribution < -0.4 is 25.0 Å². The molecule has 3 heteroatoms. The van der Waals surface area contributed by atoms with Gasteiger partial charge in [-0.3, -0.25) is 0 Å². The van der Waals surface area contributed by atoms with E-state index in [4.69, 9.17) is 0 Å². The van der Waals surface area contributed by atoms with Crippen molar-refractivity contribution in [3.05, 3.63) is 0 Å². The molecule has 0 saturated heterocycles. The van der Waals surface area contributed by atoms with E-state index >= 15 is 0 Å². The fourth-order valence-electron chi connectivity index (χ4n) is 0.133. The van der Waals surface area contributed by atoms with Crippen LogP contribution in [0.4, 0.5) is 0 Å². The van der Waals surface area contributed by atoms with Crippen molar-refractivity contribution in [3.63, 3.8) is 0 Å². The molecule has 38 valence electrons. The summed E-state index contributed by atoms with van der Waals surface area (Å²) in [6, 6.07) is 0. The van der Waals surface area contributed by atoms with Crippen LogP contribution in [0.5, 0.6) is 0 Å². The van der Waals surface area contributed by atoms with E-state index in [2.05, 4.69) is 3.53 Å². The van der Waals surface area contributed by atoms with Gasteiger partial charge in [-0.05, 0) is 0 Å². The van der Waals surface area contributed by atoms with Crippen LogP contribution in [-0.2, 0) is 4.79 Å². The zero-order chi connectivity index (χ0) is 4.99. The number of alkyl halides is 1. The number of rotatable bonds is 1. The standard InChI is InChI=1S/C3H7INO/c1-3(6)5-4-2/h1-2H3,(H,5,6)/q-1. The molecule has 0 aliphatic rings. The van der Waals surface area contributed by atoms with Crippen molar-refractivity contribution in [3.8, 4) is 0 Å². The van der Waals surface area contributed by atoms with Crippen LogP contribution >= 0.6 is 0 Å². The molecule has 0 bridgehead atoms. The molecule has 0 aliphatic heterocycles. The average molecular weight is 200 g/mol. The molecule has 0 saturated carbocycles. The van der Waals surface area contributed by atoms with E-state index < -0.39 is 0 Å². The van der Waals surface area contributed by atoms with Crippen molar-refractivity contribution >= 4 is 5.91 Å². The second kappa shape index (κ2) is 3.39. The summed E-state index contributed by atoms with van der Waals surface area (Å²) in [5.41, 5.74) is 0. The summed E-state index contributed by atoms with van der Waals surface area (Å²) in [6.07, 6.45) is 0. The molecule has 1 N–H and O–H groups in total. The first-order chi connectivity index (χ1) is 2.77. The Morgan fingerprint density at radius 1 is 1.83 bits per heavy atom. The number of hydrogen-bond acceptors (Lipinski definition) is 1. The maximum atomic E-state index is 9.96. The van der Waals surface area contributed by atoms with Gasteiger partial charge in [0.05, 0.1) is 0 Å². The Bertz CT molecular complexity index is 54.8. The zero-order valence-corrected chi connectivity index (χ0v) is 5.94. The molecule has 2 nitrogen and oxygen atoms in total. The predicted molar refractivity (Wildman–Crippen MR) is 19.7 cm³/mol. The topological polar surface area (TPSA) is 29.1 Å². The third kappa shape index (κ3) is 4.20. The summed E-state index contributed by atoms with van der Waals surface area (Å²) < 4.78 is 2.68. The average Bonchev–Trinajstić information content (AvgIpc) is 1.35. The zero-order valence-electron chi connectivity index (χ0n) is 3.79. The Morgan fingerprint density at radius 2 is 2.33 bits per heavy atom. The fraction of sp³-hybridized carbons (Fsp3) is 0.667. The quantitative estimate of drug-likeness (QED) is 0.269. The molecule has 0 aromatic carbocycles. The van der Waals surface area contributed by atoms with E-state index in [1.807, 2.05) is 4.93 Å². The van der Waals surface area contributed by atoms with E-state index in [1.54, 1.807) is 0 Å². The van der Waals surface area contributed by atoms with Gasteiger partial charge >= 0.3 is 47.6 Å². The number of nitrogens with one attached hydrogen (secondary N) is 1. The third-order valence-corrected chi connectivity index (χ3v) is 1.53. The van der Waals surface area contributed by atoms with Crippen LogP contribution in [0.3, 0.4) is 0 Å². The summed E-state index contributed by atoms with van der Waals surface area (Å²) in [6.45, 7) is 1.53. The first-order valence-corrected chi connectivity index (χ1v) is 4.76. The molecule has 1 amide bonds. The van der Waals surface area contributed by atoms with Crippen LogP contribution in [0.15, 0.2) is 0 Å². The molecule has 0 radical (unpaired) electrons. The molecule has 0 aliphatic carbocycles. The van der Waals surface area contributed by atoms with Gasteiger partial charge in [0.25, 0.3) is 0 Å². The summed E-state index contributed by atoms with van der Waals surface area (Å²) in [7, 11) is 0. The first-order valence-electron chi connectivity index (χ1n) is 1.52. The summed E-state index contributed by atoms with van der Waals surface area (Å²) in [4.78, 5) is 12.0. The van der Waals surface area contributed by atoms with Gasteiger partial charge in [-0.25, -0.2) is 0 Å². The number of carbonyl (C=O) groups excluding carboxylic acids is 1. The number of hydrogen-bond donors (Lipinski definition) is 1. The van der Waals surface area contributed by atoms with Crippen molar-refractivity contribution in [2.45, 2.75) is 6.92 Å². The van der Waals surface area contributed by atoms with E-state index in [9.17, 15) is 4.79 Å². The molecule has 0 unspecified atom stereocenters. The van der Waals surface area contributed by atoms with Gasteiger partial charge in [0, 0.05) is 0 Å². The van der Waals surface area contributed by atoms with Crippen LogP contribution in [0, 0.1) is 0 Å². The van der Waals surface area contributed by atoms with Gasteiger partial charge in [0.15, 0.2) is 0 Å². The third-order valence-electron chi connectivity index (χ3n) is 0.228. The normalized spacial score (nSPS) is 8.33. The Hall–Kier alpha value is 0.200. The van der Waals surface area contributed by atoms with E-state index in [1.165, 1.54) is 6.92 Å². The van der Waals surface area contributed by atoms with Crippen molar-refractivity contribution in [2.75, 3.05) is 4.93 Å². The minimum atomic E-state index is -0.0324. The van der Waals surface area contributed by atoms with Crippen LogP contribution in [0.25, 0.3) is 0 Å². The number of carbonyl (C=O) groups is 1. The van der Waals surface area contributed by atoms with Gasteiger partial charge in [-0.1, -0.05) is 0 Å². The van der Waals surface area contributed by atoms with Crippen molar-refractivity contribution in [2.24, 2.45) is 0 Å². The Balaban J connectivity index is 2.83. The summed E-state index contributed by atoms with van der Waals surface area (Å²) in [5, 5.41) is 0. The Morgan fingerprint density at radius 3 is 2.33 bits per heavy atom. The molecule has 0 heterocycles. The van der Waals surface area contributed by atoms with Crippen molar-refractivity contribution in [1.82, 2.24) is 3.53 Å². The Labute approximate surface area is 47.9 Å². The second-order valence-electron chi connectivity index (χ2n) is 0.840. The molecule has 0 spiro atoms. The van der Waals surface area contributed by atoms with Crippen molar-refractivity contribution < 1.29 is 26.3 Å². The fourth-order valence-corrected chi connectivity index (χ4v) is 0.893. The van der Waals surface area contributed by atoms with Gasteiger partial charge in [0.1, 0.15) is 0 Å². The van der Waals surface area contributed by atoms with E-state index in [-0.39, 0.29) is 27.4 Å². The molecule has 0 rings (SSSR count). The van der Waals surface area contributed by atoms with Crippen LogP contribution in [0.2, 0.25) is 0 Å². The molecule has 6 heavy (non-hydrogen) atoms. The minimum absolute atomic E-state index is 0.0324. The molecule has 0 aromatic rings. The summed E-state index contributed by atoms with van der Waals surface area (Å²) >= 11 is -0.0324. The van der Waals surface area contributed by atoms with Gasteiger partial charge in [0.2, 0.25) is 0 Å². The first kappa shape index (κ1) is 6.20. The number of amides is 1. The molecule has 0 fully saturated rings. The van der Waals surface area contributed by atoms with Crippen molar-refractivity contribution in [1.29, 1.82) is 0 Å². The molecular formula is C3H7INO-. The number of halogens is 1. The maximum absolute atomic E-state index is 9.96. The van der Waals surface area contributed by atoms with Crippen LogP contribution in [0.1, 0.15) is 6.92 Å². The van der Waals surface area contributed by atoms with Gasteiger partial charge in [-0.2, -0.15) is 0 Å².